The van der Waals surface area contributed by atoms with Gasteiger partial charge in [-0.25, -0.2) is 18.8 Å². The summed E-state index contributed by atoms with van der Waals surface area (Å²) in [5.74, 6) is -0.899. The molecule has 0 aliphatic heterocycles. The number of benzene rings is 1. The Labute approximate surface area is 186 Å². The largest absolute Gasteiger partial charge is 0.443 e. The molecular formula is C22H30FN3O6. The summed E-state index contributed by atoms with van der Waals surface area (Å²) in [5.41, 5.74) is -2.73. The van der Waals surface area contributed by atoms with Gasteiger partial charge in [0.25, 0.3) is 0 Å². The van der Waals surface area contributed by atoms with Crippen LogP contribution in [0.1, 0.15) is 62.3 Å². The summed E-state index contributed by atoms with van der Waals surface area (Å²) in [6, 6.07) is 3.48. The zero-order valence-electron chi connectivity index (χ0n) is 19.9. The molecule has 0 fully saturated rings. The summed E-state index contributed by atoms with van der Waals surface area (Å²) in [6.07, 6.45) is -3.04. The Hall–Kier alpha value is -3.17. The molecule has 10 heteroatoms. The first kappa shape index (κ1) is 25.1. The highest BCUT2D eigenvalue weighted by Gasteiger charge is 2.37. The van der Waals surface area contributed by atoms with Crippen LogP contribution in [0.3, 0.4) is 0 Å². The second kappa shape index (κ2) is 8.40. The third-order valence-corrected chi connectivity index (χ3v) is 3.55. The number of rotatable bonds is 1. The van der Waals surface area contributed by atoms with Crippen molar-refractivity contribution in [1.82, 2.24) is 9.78 Å². The second-order valence-corrected chi connectivity index (χ2v) is 10.2. The van der Waals surface area contributed by atoms with E-state index in [1.807, 2.05) is 0 Å². The number of nitrogens with zero attached hydrogens (tertiary/aromatic N) is 3. The highest BCUT2D eigenvalue weighted by atomic mass is 19.1. The summed E-state index contributed by atoms with van der Waals surface area (Å²) in [6.45, 7) is 14.8. The summed E-state index contributed by atoms with van der Waals surface area (Å²) < 4.78 is 30.8. The van der Waals surface area contributed by atoms with Gasteiger partial charge in [-0.3, -0.25) is 0 Å². The SMILES string of the molecule is CC(C)(C)OC(=O)N(C(=O)OC(C)(C)C)c1nn(C(=O)OC(C)(C)C)c2cc(F)ccc12. The van der Waals surface area contributed by atoms with E-state index < -0.39 is 40.9 Å². The molecule has 2 aromatic rings. The van der Waals surface area contributed by atoms with Crippen molar-refractivity contribution in [3.8, 4) is 0 Å². The molecule has 32 heavy (non-hydrogen) atoms. The molecule has 9 nitrogen and oxygen atoms in total. The van der Waals surface area contributed by atoms with Crippen LogP contribution in [0, 0.1) is 5.82 Å². The Balaban J connectivity index is 2.70. The quantitative estimate of drug-likeness (QED) is 0.518. The van der Waals surface area contributed by atoms with Crippen LogP contribution in [0.15, 0.2) is 18.2 Å². The van der Waals surface area contributed by atoms with Gasteiger partial charge in [0.05, 0.1) is 5.52 Å². The molecule has 0 saturated heterocycles. The standard InChI is InChI=1S/C22H30FN3O6/c1-20(2,3)30-17(27)25(18(28)31-21(4,5)6)16-14-11-10-13(23)12-15(14)26(24-16)19(29)32-22(7,8)9/h10-12H,1-9H3. The van der Waals surface area contributed by atoms with Gasteiger partial charge in [-0.15, -0.1) is 5.10 Å². The summed E-state index contributed by atoms with van der Waals surface area (Å²) in [4.78, 5) is 39.2. The van der Waals surface area contributed by atoms with E-state index in [1.165, 1.54) is 6.07 Å². The van der Waals surface area contributed by atoms with E-state index in [0.29, 0.717) is 4.90 Å². The van der Waals surface area contributed by atoms with Crippen LogP contribution in [0.2, 0.25) is 0 Å². The van der Waals surface area contributed by atoms with Crippen LogP contribution >= 0.6 is 0 Å². The molecule has 0 unspecified atom stereocenters. The fourth-order valence-corrected chi connectivity index (χ4v) is 2.54. The van der Waals surface area contributed by atoms with E-state index in [2.05, 4.69) is 5.10 Å². The minimum Gasteiger partial charge on any atom is -0.443 e. The van der Waals surface area contributed by atoms with Gasteiger partial charge in [-0.2, -0.15) is 9.58 Å². The van der Waals surface area contributed by atoms with Crippen LogP contribution in [-0.2, 0) is 14.2 Å². The number of aromatic nitrogens is 2. The van der Waals surface area contributed by atoms with Crippen molar-refractivity contribution in [3.63, 3.8) is 0 Å². The fraction of sp³-hybridized carbons (Fsp3) is 0.545. The number of fused-ring (bicyclic) bond motifs is 1. The lowest BCUT2D eigenvalue weighted by Crippen LogP contribution is -2.44. The molecule has 2 rings (SSSR count). The Bertz CT molecular complexity index is 1010. The number of carbonyl (C=O) groups excluding carboxylic acids is 3. The summed E-state index contributed by atoms with van der Waals surface area (Å²) in [7, 11) is 0. The number of imide groups is 1. The van der Waals surface area contributed by atoms with E-state index in [9.17, 15) is 18.8 Å². The first-order chi connectivity index (χ1) is 14.4. The smallest absolute Gasteiger partial charge is 0.435 e. The second-order valence-electron chi connectivity index (χ2n) is 10.2. The fourth-order valence-electron chi connectivity index (χ4n) is 2.54. The number of amides is 2. The lowest BCUT2D eigenvalue weighted by atomic mass is 10.2. The predicted molar refractivity (Wildman–Crippen MR) is 116 cm³/mol. The molecule has 2 amide bonds. The van der Waals surface area contributed by atoms with Crippen molar-refractivity contribution in [2.75, 3.05) is 4.90 Å². The molecule has 1 aromatic heterocycles. The van der Waals surface area contributed by atoms with Gasteiger partial charge in [0.15, 0.2) is 5.82 Å². The number of anilines is 1. The molecule has 176 valence electrons. The van der Waals surface area contributed by atoms with E-state index in [-0.39, 0.29) is 16.7 Å². The average molecular weight is 451 g/mol. The third-order valence-electron chi connectivity index (χ3n) is 3.55. The number of hydrogen-bond donors (Lipinski definition) is 0. The molecular weight excluding hydrogens is 421 g/mol. The Kier molecular flexibility index (Phi) is 6.59. The van der Waals surface area contributed by atoms with Crippen LogP contribution in [0.5, 0.6) is 0 Å². The molecule has 0 aliphatic rings. The van der Waals surface area contributed by atoms with Gasteiger partial charge in [-0.1, -0.05) is 0 Å². The molecule has 0 radical (unpaired) electrons. The van der Waals surface area contributed by atoms with Gasteiger partial charge < -0.3 is 14.2 Å². The van der Waals surface area contributed by atoms with Crippen LogP contribution in [-0.4, -0.2) is 44.9 Å². The van der Waals surface area contributed by atoms with Crippen molar-refractivity contribution in [2.24, 2.45) is 0 Å². The van der Waals surface area contributed by atoms with E-state index in [1.54, 1.807) is 62.3 Å². The van der Waals surface area contributed by atoms with Gasteiger partial charge in [-0.05, 0) is 74.4 Å². The third kappa shape index (κ3) is 6.41. The number of hydrogen-bond acceptors (Lipinski definition) is 7. The maximum absolute atomic E-state index is 14.0. The molecule has 1 aromatic carbocycles. The average Bonchev–Trinajstić information content (AvgIpc) is 2.88. The molecule has 0 atom stereocenters. The van der Waals surface area contributed by atoms with Gasteiger partial charge >= 0.3 is 18.3 Å². The predicted octanol–water partition coefficient (Wildman–Crippen LogP) is 5.64. The van der Waals surface area contributed by atoms with E-state index >= 15 is 0 Å². The normalized spacial score (nSPS) is 12.4. The van der Waals surface area contributed by atoms with E-state index in [4.69, 9.17) is 14.2 Å². The van der Waals surface area contributed by atoms with E-state index in [0.717, 1.165) is 16.8 Å². The van der Waals surface area contributed by atoms with Crippen molar-refractivity contribution in [3.05, 3.63) is 24.0 Å². The molecule has 0 N–H and O–H groups in total. The Morgan fingerprint density at radius 2 is 1.31 bits per heavy atom. The van der Waals surface area contributed by atoms with Crippen molar-refractivity contribution in [1.29, 1.82) is 0 Å². The lowest BCUT2D eigenvalue weighted by Gasteiger charge is -2.27. The van der Waals surface area contributed by atoms with Gasteiger partial charge in [0.2, 0.25) is 0 Å². The van der Waals surface area contributed by atoms with Crippen molar-refractivity contribution >= 4 is 35.0 Å². The zero-order valence-corrected chi connectivity index (χ0v) is 19.9. The van der Waals surface area contributed by atoms with Crippen LogP contribution in [0.25, 0.3) is 10.9 Å². The van der Waals surface area contributed by atoms with Crippen LogP contribution in [0.4, 0.5) is 24.6 Å². The van der Waals surface area contributed by atoms with Crippen LogP contribution < -0.4 is 4.90 Å². The zero-order chi connectivity index (χ0) is 24.6. The molecule has 0 bridgehead atoms. The highest BCUT2D eigenvalue weighted by molar-refractivity contribution is 6.14. The maximum atomic E-state index is 14.0. The monoisotopic (exact) mass is 451 g/mol. The number of halogens is 1. The number of ether oxygens (including phenoxy) is 3. The molecule has 0 spiro atoms. The molecule has 0 aliphatic carbocycles. The summed E-state index contributed by atoms with van der Waals surface area (Å²) >= 11 is 0. The minimum atomic E-state index is -1.06. The highest BCUT2D eigenvalue weighted by Crippen LogP contribution is 2.30. The minimum absolute atomic E-state index is 0.00590. The van der Waals surface area contributed by atoms with Crippen molar-refractivity contribution < 1.29 is 33.0 Å². The Morgan fingerprint density at radius 3 is 1.75 bits per heavy atom. The molecule has 1 heterocycles. The first-order valence-electron chi connectivity index (χ1n) is 10.1. The summed E-state index contributed by atoms with van der Waals surface area (Å²) in [5, 5.41) is 4.26. The van der Waals surface area contributed by atoms with Crippen molar-refractivity contribution in [2.45, 2.75) is 79.1 Å². The maximum Gasteiger partial charge on any atom is 0.435 e. The lowest BCUT2D eigenvalue weighted by molar-refractivity contribution is 0.0421. The first-order valence-corrected chi connectivity index (χ1v) is 10.1. The topological polar surface area (TPSA) is 100.0 Å². The Morgan fingerprint density at radius 1 is 0.844 bits per heavy atom. The van der Waals surface area contributed by atoms with Gasteiger partial charge in [0, 0.05) is 11.5 Å². The van der Waals surface area contributed by atoms with Gasteiger partial charge in [0.1, 0.15) is 22.6 Å². The number of carbonyl (C=O) groups is 3. The molecule has 0 saturated carbocycles.